The van der Waals surface area contributed by atoms with Crippen molar-refractivity contribution in [3.63, 3.8) is 0 Å². The van der Waals surface area contributed by atoms with Crippen LogP contribution in [0.25, 0.3) is 0 Å². The van der Waals surface area contributed by atoms with Gasteiger partial charge in [0, 0.05) is 48.6 Å². The summed E-state index contributed by atoms with van der Waals surface area (Å²) in [7, 11) is 0. The van der Waals surface area contributed by atoms with Gasteiger partial charge in [-0.1, -0.05) is 24.4 Å². The molecule has 1 aromatic heterocycles. The highest BCUT2D eigenvalue weighted by Gasteiger charge is 2.50. The number of aromatic hydroxyl groups is 1. The molecule has 7 nitrogen and oxygen atoms in total. The van der Waals surface area contributed by atoms with E-state index in [1.807, 2.05) is 0 Å². The molecule has 0 radical (unpaired) electrons. The predicted octanol–water partition coefficient (Wildman–Crippen LogP) is 5.09. The highest BCUT2D eigenvalue weighted by atomic mass is 35.5. The van der Waals surface area contributed by atoms with Gasteiger partial charge in [0.05, 0.1) is 17.8 Å². The number of ether oxygens (including phenoxy) is 2. The van der Waals surface area contributed by atoms with Gasteiger partial charge in [-0.3, -0.25) is 4.90 Å². The van der Waals surface area contributed by atoms with Crippen molar-refractivity contribution in [3.8, 4) is 11.8 Å². The number of nitrogens with zero attached hydrogens (tertiary/aromatic N) is 4. The fourth-order valence-electron chi connectivity index (χ4n) is 7.71. The van der Waals surface area contributed by atoms with E-state index in [4.69, 9.17) is 31.0 Å². The summed E-state index contributed by atoms with van der Waals surface area (Å²) in [4.78, 5) is 14.6. The molecule has 3 fully saturated rings. The van der Waals surface area contributed by atoms with Crippen molar-refractivity contribution in [1.82, 2.24) is 14.9 Å². The lowest BCUT2D eigenvalue weighted by Crippen LogP contribution is -2.43. The molecule has 204 valence electrons. The molecule has 1 spiro atoms. The van der Waals surface area contributed by atoms with Gasteiger partial charge in [0.1, 0.15) is 29.9 Å². The van der Waals surface area contributed by atoms with Crippen LogP contribution >= 0.6 is 11.6 Å². The maximum absolute atomic E-state index is 14.4. The second-order valence-electron chi connectivity index (χ2n) is 11.9. The van der Waals surface area contributed by atoms with Crippen LogP contribution in [0, 0.1) is 0 Å². The summed E-state index contributed by atoms with van der Waals surface area (Å²) >= 11 is 6.52. The number of alkyl halides is 1. The zero-order valence-electron chi connectivity index (χ0n) is 21.9. The van der Waals surface area contributed by atoms with Crippen LogP contribution in [-0.4, -0.2) is 64.5 Å². The molecule has 1 aliphatic carbocycles. The first-order valence-electron chi connectivity index (χ1n) is 14.3. The van der Waals surface area contributed by atoms with Crippen LogP contribution in [0.1, 0.15) is 73.8 Å². The molecule has 7 rings (SSSR count). The Labute approximate surface area is 228 Å². The minimum absolute atomic E-state index is 0.228. The van der Waals surface area contributed by atoms with E-state index in [1.54, 1.807) is 12.1 Å². The predicted molar refractivity (Wildman–Crippen MR) is 143 cm³/mol. The van der Waals surface area contributed by atoms with E-state index < -0.39 is 11.8 Å². The molecule has 2 aromatic rings. The molecule has 5 heterocycles. The number of benzene rings is 1. The molecular formula is C29H36ClFN4O3. The normalized spacial score (nSPS) is 30.8. The molecule has 3 saturated heterocycles. The number of phenols is 1. The zero-order valence-corrected chi connectivity index (χ0v) is 22.6. The Hall–Kier alpha value is -2.16. The first-order valence-corrected chi connectivity index (χ1v) is 14.7. The molecule has 9 heteroatoms. The molecular weight excluding hydrogens is 507 g/mol. The van der Waals surface area contributed by atoms with Crippen molar-refractivity contribution in [3.05, 3.63) is 39.5 Å². The van der Waals surface area contributed by atoms with Crippen molar-refractivity contribution < 1.29 is 19.0 Å². The van der Waals surface area contributed by atoms with Crippen molar-refractivity contribution in [1.29, 1.82) is 0 Å². The van der Waals surface area contributed by atoms with E-state index in [-0.39, 0.29) is 11.3 Å². The van der Waals surface area contributed by atoms with Crippen molar-refractivity contribution >= 4 is 17.4 Å². The second kappa shape index (κ2) is 9.49. The molecule has 38 heavy (non-hydrogen) atoms. The van der Waals surface area contributed by atoms with E-state index in [9.17, 15) is 9.50 Å². The number of fused-ring (bicyclic) bond motifs is 4. The third kappa shape index (κ3) is 4.06. The lowest BCUT2D eigenvalue weighted by Gasteiger charge is -2.37. The Morgan fingerprint density at radius 1 is 1.08 bits per heavy atom. The Kier molecular flexibility index (Phi) is 6.21. The number of rotatable bonds is 4. The Bertz CT molecular complexity index is 1240. The van der Waals surface area contributed by atoms with Crippen LogP contribution in [-0.2, 0) is 29.8 Å². The third-order valence-electron chi connectivity index (χ3n) is 9.60. The molecule has 5 aliphatic rings. The monoisotopic (exact) mass is 542 g/mol. The minimum atomic E-state index is -0.796. The molecule has 0 saturated carbocycles. The van der Waals surface area contributed by atoms with Crippen LogP contribution in [0.3, 0.4) is 0 Å². The Morgan fingerprint density at radius 2 is 1.92 bits per heavy atom. The van der Waals surface area contributed by atoms with Gasteiger partial charge in [0.15, 0.2) is 0 Å². The van der Waals surface area contributed by atoms with Gasteiger partial charge >= 0.3 is 6.01 Å². The van der Waals surface area contributed by atoms with Crippen molar-refractivity contribution in [2.45, 2.75) is 88.1 Å². The van der Waals surface area contributed by atoms with E-state index >= 15 is 0 Å². The minimum Gasteiger partial charge on any atom is -0.508 e. The highest BCUT2D eigenvalue weighted by Crippen LogP contribution is 2.52. The van der Waals surface area contributed by atoms with Gasteiger partial charge in [0.25, 0.3) is 0 Å². The average Bonchev–Trinajstić information content (AvgIpc) is 3.46. The standard InChI is InChI=1S/C29H36ClFN4O3/c30-22-6-7-24(36)25-20(22)8-10-29(25)15-23-21(17-38-29)26(34-11-3-1-2-4-12-34)33-27(32-23)37-18-28-9-5-13-35(28)16-19(31)14-28/h6-7,19,36H,1-5,8-18H2/t19-,28+,29?/m1/s1. The topological polar surface area (TPSA) is 71.0 Å². The number of phenolic OH excluding ortho intramolecular Hbond substituents is 1. The first kappa shape index (κ1) is 24.9. The van der Waals surface area contributed by atoms with Gasteiger partial charge in [-0.15, -0.1) is 0 Å². The van der Waals surface area contributed by atoms with E-state index in [2.05, 4.69) is 9.80 Å². The number of hydrogen-bond donors (Lipinski definition) is 1. The number of halogens is 2. The van der Waals surface area contributed by atoms with Crippen LogP contribution < -0.4 is 9.64 Å². The Morgan fingerprint density at radius 3 is 2.76 bits per heavy atom. The van der Waals surface area contributed by atoms with Crippen LogP contribution in [0.2, 0.25) is 5.02 Å². The molecule has 1 N–H and O–H groups in total. The largest absolute Gasteiger partial charge is 0.508 e. The van der Waals surface area contributed by atoms with Gasteiger partial charge in [-0.25, -0.2) is 4.39 Å². The van der Waals surface area contributed by atoms with Gasteiger partial charge in [-0.05, 0) is 62.8 Å². The fraction of sp³-hybridized carbons (Fsp3) is 0.655. The SMILES string of the molecule is Oc1ccc(Cl)c2c1C1(CC2)Cc2nc(OC[C@@]34CCCN3C[C@H](F)C4)nc(N3CCCCCC3)c2CO1. The van der Waals surface area contributed by atoms with E-state index in [1.165, 1.54) is 12.8 Å². The van der Waals surface area contributed by atoms with Gasteiger partial charge in [0.2, 0.25) is 0 Å². The van der Waals surface area contributed by atoms with Crippen LogP contribution in [0.15, 0.2) is 12.1 Å². The highest BCUT2D eigenvalue weighted by molar-refractivity contribution is 6.31. The van der Waals surface area contributed by atoms with Gasteiger partial charge < -0.3 is 19.5 Å². The summed E-state index contributed by atoms with van der Waals surface area (Å²) < 4.78 is 27.3. The van der Waals surface area contributed by atoms with Gasteiger partial charge in [-0.2, -0.15) is 9.97 Å². The summed E-state index contributed by atoms with van der Waals surface area (Å²) in [5, 5.41) is 11.5. The first-order chi connectivity index (χ1) is 18.5. The lowest BCUT2D eigenvalue weighted by molar-refractivity contribution is -0.0740. The van der Waals surface area contributed by atoms with Crippen molar-refractivity contribution in [2.75, 3.05) is 37.7 Å². The van der Waals surface area contributed by atoms with Crippen LogP contribution in [0.5, 0.6) is 11.8 Å². The number of hydrogen-bond acceptors (Lipinski definition) is 7. The smallest absolute Gasteiger partial charge is 0.318 e. The number of aromatic nitrogens is 2. The molecule has 3 atom stereocenters. The lowest BCUT2D eigenvalue weighted by atomic mass is 9.86. The fourth-order valence-corrected chi connectivity index (χ4v) is 7.97. The maximum Gasteiger partial charge on any atom is 0.318 e. The summed E-state index contributed by atoms with van der Waals surface area (Å²) in [5.74, 6) is 1.14. The molecule has 0 bridgehead atoms. The van der Waals surface area contributed by atoms with Crippen molar-refractivity contribution in [2.24, 2.45) is 0 Å². The quantitative estimate of drug-likeness (QED) is 0.577. The van der Waals surface area contributed by atoms with E-state index in [0.29, 0.717) is 43.6 Å². The van der Waals surface area contributed by atoms with E-state index in [0.717, 1.165) is 86.4 Å². The summed E-state index contributed by atoms with van der Waals surface area (Å²) in [6.45, 7) is 4.13. The number of anilines is 1. The summed E-state index contributed by atoms with van der Waals surface area (Å²) in [5.41, 5.74) is 2.80. The second-order valence-corrected chi connectivity index (χ2v) is 12.3. The zero-order chi connectivity index (χ0) is 25.9. The molecule has 1 unspecified atom stereocenters. The summed E-state index contributed by atoms with van der Waals surface area (Å²) in [6, 6.07) is 3.79. The Balaban J connectivity index is 1.24. The van der Waals surface area contributed by atoms with Crippen LogP contribution in [0.4, 0.5) is 10.2 Å². The average molecular weight is 543 g/mol. The summed E-state index contributed by atoms with van der Waals surface area (Å²) in [6.07, 6.45) is 8.51. The molecule has 4 aliphatic heterocycles. The maximum atomic E-state index is 14.4. The molecule has 1 aromatic carbocycles. The molecule has 0 amide bonds. The third-order valence-corrected chi connectivity index (χ3v) is 9.95.